The minimum Gasteiger partial charge on any atom is -0.340 e. The van der Waals surface area contributed by atoms with E-state index < -0.39 is 5.54 Å². The summed E-state index contributed by atoms with van der Waals surface area (Å²) >= 11 is 0. The van der Waals surface area contributed by atoms with Gasteiger partial charge >= 0.3 is 0 Å². The summed E-state index contributed by atoms with van der Waals surface area (Å²) in [6.07, 6.45) is 4.52. The molecule has 0 bridgehead atoms. The molecule has 0 aromatic carbocycles. The number of carbonyl (C=O) groups excluding carboxylic acids is 2. The molecule has 0 radical (unpaired) electrons. The van der Waals surface area contributed by atoms with Crippen LogP contribution < -0.4 is 5.32 Å². The van der Waals surface area contributed by atoms with Gasteiger partial charge in [-0.1, -0.05) is 33.1 Å². The Labute approximate surface area is 115 Å². The Bertz CT molecular complexity index is 374. The van der Waals surface area contributed by atoms with Crippen molar-refractivity contribution in [1.29, 1.82) is 0 Å². The van der Waals surface area contributed by atoms with Crippen LogP contribution >= 0.6 is 0 Å². The molecule has 1 heterocycles. The lowest BCUT2D eigenvalue weighted by molar-refractivity contribution is -0.155. The molecular weight excluding hydrogens is 240 g/mol. The molecule has 2 atom stereocenters. The Morgan fingerprint density at radius 3 is 2.53 bits per heavy atom. The SMILES string of the molecule is CCC(C)C1C(=O)NC(C)(C)C(=O)N1CCC1CC1. The normalized spacial score (nSPS) is 28.2. The molecule has 2 rings (SSSR count). The molecule has 2 aliphatic rings. The van der Waals surface area contributed by atoms with E-state index in [9.17, 15) is 9.59 Å². The molecule has 108 valence electrons. The van der Waals surface area contributed by atoms with Gasteiger partial charge in [-0.25, -0.2) is 0 Å². The number of rotatable bonds is 5. The number of nitrogens with zero attached hydrogens (tertiary/aromatic N) is 1. The molecule has 0 aromatic heterocycles. The topological polar surface area (TPSA) is 49.4 Å². The van der Waals surface area contributed by atoms with Crippen molar-refractivity contribution in [3.05, 3.63) is 0 Å². The van der Waals surface area contributed by atoms with Crippen LogP contribution in [0, 0.1) is 11.8 Å². The summed E-state index contributed by atoms with van der Waals surface area (Å²) in [5.41, 5.74) is -0.759. The van der Waals surface area contributed by atoms with Crippen LogP contribution in [-0.2, 0) is 9.59 Å². The van der Waals surface area contributed by atoms with Crippen LogP contribution in [0.1, 0.15) is 53.4 Å². The van der Waals surface area contributed by atoms with Gasteiger partial charge in [0.15, 0.2) is 0 Å². The molecule has 0 spiro atoms. The van der Waals surface area contributed by atoms with E-state index in [4.69, 9.17) is 0 Å². The molecule has 1 aliphatic heterocycles. The Kier molecular flexibility index (Phi) is 3.88. The summed E-state index contributed by atoms with van der Waals surface area (Å²) in [5.74, 6) is 1.06. The van der Waals surface area contributed by atoms with Crippen LogP contribution in [0.3, 0.4) is 0 Å². The van der Waals surface area contributed by atoms with Crippen LogP contribution in [-0.4, -0.2) is 34.8 Å². The highest BCUT2D eigenvalue weighted by molar-refractivity contribution is 5.99. The van der Waals surface area contributed by atoms with Crippen LogP contribution in [0.4, 0.5) is 0 Å². The molecule has 1 N–H and O–H groups in total. The summed E-state index contributed by atoms with van der Waals surface area (Å²) in [6.45, 7) is 8.45. The van der Waals surface area contributed by atoms with Crippen LogP contribution in [0.15, 0.2) is 0 Å². The summed E-state index contributed by atoms with van der Waals surface area (Å²) in [5, 5.41) is 2.87. The highest BCUT2D eigenvalue weighted by Crippen LogP contribution is 2.34. The third-order valence-corrected chi connectivity index (χ3v) is 4.49. The fourth-order valence-corrected chi connectivity index (χ4v) is 2.82. The number of nitrogens with one attached hydrogen (secondary N) is 1. The van der Waals surface area contributed by atoms with Crippen molar-refractivity contribution in [1.82, 2.24) is 10.2 Å². The maximum atomic E-state index is 12.6. The van der Waals surface area contributed by atoms with E-state index in [-0.39, 0.29) is 23.8 Å². The fraction of sp³-hybridized carbons (Fsp3) is 0.867. The quantitative estimate of drug-likeness (QED) is 0.826. The average molecular weight is 266 g/mol. The molecule has 4 heteroatoms. The minimum atomic E-state index is -0.759. The largest absolute Gasteiger partial charge is 0.340 e. The molecule has 1 saturated carbocycles. The molecule has 4 nitrogen and oxygen atoms in total. The number of amides is 2. The molecule has 0 aromatic rings. The second-order valence-corrected chi connectivity index (χ2v) is 6.68. The lowest BCUT2D eigenvalue weighted by Gasteiger charge is -2.45. The zero-order valence-electron chi connectivity index (χ0n) is 12.5. The first-order valence-corrected chi connectivity index (χ1v) is 7.50. The van der Waals surface area contributed by atoms with Gasteiger partial charge in [-0.05, 0) is 32.1 Å². The fourth-order valence-electron chi connectivity index (χ4n) is 2.82. The first kappa shape index (κ1) is 14.4. The highest BCUT2D eigenvalue weighted by atomic mass is 16.2. The van der Waals surface area contributed by atoms with Crippen LogP contribution in [0.2, 0.25) is 0 Å². The lowest BCUT2D eigenvalue weighted by atomic mass is 9.89. The molecule has 19 heavy (non-hydrogen) atoms. The predicted octanol–water partition coefficient (Wildman–Crippen LogP) is 1.94. The first-order chi connectivity index (χ1) is 8.86. The molecule has 2 fully saturated rings. The molecular formula is C15H26N2O2. The van der Waals surface area contributed by atoms with E-state index >= 15 is 0 Å². The summed E-state index contributed by atoms with van der Waals surface area (Å²) < 4.78 is 0. The van der Waals surface area contributed by atoms with Crippen molar-refractivity contribution in [2.45, 2.75) is 65.0 Å². The van der Waals surface area contributed by atoms with Crippen molar-refractivity contribution in [2.24, 2.45) is 11.8 Å². The maximum absolute atomic E-state index is 12.6. The number of hydrogen-bond acceptors (Lipinski definition) is 2. The highest BCUT2D eigenvalue weighted by Gasteiger charge is 2.46. The van der Waals surface area contributed by atoms with E-state index in [1.54, 1.807) is 13.8 Å². The van der Waals surface area contributed by atoms with E-state index in [1.165, 1.54) is 12.8 Å². The molecule has 2 unspecified atom stereocenters. The maximum Gasteiger partial charge on any atom is 0.248 e. The second-order valence-electron chi connectivity index (χ2n) is 6.68. The third-order valence-electron chi connectivity index (χ3n) is 4.49. The summed E-state index contributed by atoms with van der Waals surface area (Å²) in [6, 6.07) is -0.288. The van der Waals surface area contributed by atoms with Gasteiger partial charge in [0.05, 0.1) is 0 Å². The molecule has 1 saturated heterocycles. The van der Waals surface area contributed by atoms with E-state index in [1.807, 2.05) is 4.90 Å². The zero-order valence-corrected chi connectivity index (χ0v) is 12.5. The Balaban J connectivity index is 2.16. The monoisotopic (exact) mass is 266 g/mol. The minimum absolute atomic E-state index is 0.00902. The van der Waals surface area contributed by atoms with Crippen molar-refractivity contribution < 1.29 is 9.59 Å². The van der Waals surface area contributed by atoms with Crippen molar-refractivity contribution in [2.75, 3.05) is 6.54 Å². The average Bonchev–Trinajstić information content (AvgIpc) is 3.14. The second kappa shape index (κ2) is 5.14. The number of hydrogen-bond donors (Lipinski definition) is 1. The van der Waals surface area contributed by atoms with Gasteiger partial charge in [-0.15, -0.1) is 0 Å². The Hall–Kier alpha value is -1.06. The van der Waals surface area contributed by atoms with Gasteiger partial charge in [-0.3, -0.25) is 9.59 Å². The van der Waals surface area contributed by atoms with Crippen LogP contribution in [0.5, 0.6) is 0 Å². The summed E-state index contributed by atoms with van der Waals surface area (Å²) in [7, 11) is 0. The predicted molar refractivity (Wildman–Crippen MR) is 74.5 cm³/mol. The van der Waals surface area contributed by atoms with Crippen molar-refractivity contribution in [3.63, 3.8) is 0 Å². The van der Waals surface area contributed by atoms with Crippen molar-refractivity contribution >= 4 is 11.8 Å². The van der Waals surface area contributed by atoms with Gasteiger partial charge in [0.1, 0.15) is 11.6 Å². The van der Waals surface area contributed by atoms with Gasteiger partial charge < -0.3 is 10.2 Å². The first-order valence-electron chi connectivity index (χ1n) is 7.50. The van der Waals surface area contributed by atoms with Gasteiger partial charge in [0, 0.05) is 6.54 Å². The smallest absolute Gasteiger partial charge is 0.248 e. The molecule has 1 aliphatic carbocycles. The Morgan fingerprint density at radius 2 is 2.00 bits per heavy atom. The number of piperazine rings is 1. The zero-order chi connectivity index (χ0) is 14.2. The van der Waals surface area contributed by atoms with E-state index in [0.29, 0.717) is 0 Å². The standard InChI is InChI=1S/C15H26N2O2/c1-5-10(2)12-13(18)16-15(3,4)14(19)17(12)9-8-11-6-7-11/h10-12H,5-9H2,1-4H3,(H,16,18). The summed E-state index contributed by atoms with van der Waals surface area (Å²) in [4.78, 5) is 26.7. The van der Waals surface area contributed by atoms with Gasteiger partial charge in [0.2, 0.25) is 11.8 Å². The third kappa shape index (κ3) is 2.93. The van der Waals surface area contributed by atoms with E-state index in [0.717, 1.165) is 25.3 Å². The Morgan fingerprint density at radius 1 is 1.37 bits per heavy atom. The molecule has 2 amide bonds. The number of carbonyl (C=O) groups is 2. The van der Waals surface area contributed by atoms with Crippen LogP contribution in [0.25, 0.3) is 0 Å². The van der Waals surface area contributed by atoms with E-state index in [2.05, 4.69) is 19.2 Å². The lowest BCUT2D eigenvalue weighted by Crippen LogP contribution is -2.69. The van der Waals surface area contributed by atoms with Gasteiger partial charge in [-0.2, -0.15) is 0 Å². The van der Waals surface area contributed by atoms with Gasteiger partial charge in [0.25, 0.3) is 0 Å². The van der Waals surface area contributed by atoms with Crippen molar-refractivity contribution in [3.8, 4) is 0 Å².